The van der Waals surface area contributed by atoms with Crippen molar-refractivity contribution < 1.29 is 4.74 Å². The Morgan fingerprint density at radius 3 is 1.97 bits per heavy atom. The summed E-state index contributed by atoms with van der Waals surface area (Å²) in [5.74, 6) is 9.43. The largest absolute Gasteiger partial charge is 0.494 e. The fourth-order valence-corrected chi connectivity index (χ4v) is 4.37. The molecule has 0 spiro atoms. The Balaban J connectivity index is 1.44. The average Bonchev–Trinajstić information content (AvgIpc) is 2.81. The highest BCUT2D eigenvalue weighted by atomic mass is 16.5. The number of hydrogen-bond donors (Lipinski definition) is 0. The van der Waals surface area contributed by atoms with Gasteiger partial charge in [0.15, 0.2) is 0 Å². The second-order valence-corrected chi connectivity index (χ2v) is 8.86. The third kappa shape index (κ3) is 7.56. The van der Waals surface area contributed by atoms with Crippen LogP contribution in [0.3, 0.4) is 0 Å². The van der Waals surface area contributed by atoms with E-state index in [1.807, 2.05) is 24.3 Å². The molecule has 0 bridgehead atoms. The zero-order chi connectivity index (χ0) is 21.0. The van der Waals surface area contributed by atoms with E-state index in [1.54, 1.807) is 0 Å². The quantitative estimate of drug-likeness (QED) is 0.307. The van der Waals surface area contributed by atoms with Crippen LogP contribution in [-0.4, -0.2) is 6.61 Å². The van der Waals surface area contributed by atoms with Gasteiger partial charge in [-0.2, -0.15) is 0 Å². The minimum Gasteiger partial charge on any atom is -0.494 e. The van der Waals surface area contributed by atoms with Crippen LogP contribution in [0.25, 0.3) is 0 Å². The van der Waals surface area contributed by atoms with Crippen molar-refractivity contribution in [2.75, 3.05) is 6.61 Å². The first kappa shape index (κ1) is 22.5. The standard InChI is InChI=1S/C29H38O/c1-3-5-6-23-30-29-21-19-28(20-22-29)18-17-27-15-13-26(14-16-27)12-11-25-9-7-24(4-2)8-10-25/h13-16,19-22,24-25H,3-12,23H2,1-2H3/t24-,25-. The zero-order valence-corrected chi connectivity index (χ0v) is 19.0. The van der Waals surface area contributed by atoms with Crippen molar-refractivity contribution in [1.82, 2.24) is 0 Å². The molecule has 0 amide bonds. The summed E-state index contributed by atoms with van der Waals surface area (Å²) in [7, 11) is 0. The monoisotopic (exact) mass is 402 g/mol. The lowest BCUT2D eigenvalue weighted by Gasteiger charge is -2.27. The Hall–Kier alpha value is -2.20. The van der Waals surface area contributed by atoms with Gasteiger partial charge >= 0.3 is 0 Å². The number of hydrogen-bond acceptors (Lipinski definition) is 1. The van der Waals surface area contributed by atoms with Gasteiger partial charge < -0.3 is 4.74 Å². The van der Waals surface area contributed by atoms with Gasteiger partial charge in [0, 0.05) is 11.1 Å². The molecule has 1 nitrogen and oxygen atoms in total. The molecule has 0 saturated heterocycles. The summed E-state index contributed by atoms with van der Waals surface area (Å²) in [6.45, 7) is 5.35. The molecule has 0 atom stereocenters. The van der Waals surface area contributed by atoms with Gasteiger partial charge in [0.1, 0.15) is 5.75 Å². The van der Waals surface area contributed by atoms with E-state index in [2.05, 4.69) is 50.0 Å². The van der Waals surface area contributed by atoms with Crippen molar-refractivity contribution in [2.45, 2.75) is 78.1 Å². The smallest absolute Gasteiger partial charge is 0.119 e. The van der Waals surface area contributed by atoms with Gasteiger partial charge in [0.25, 0.3) is 0 Å². The van der Waals surface area contributed by atoms with Gasteiger partial charge in [-0.3, -0.25) is 0 Å². The Morgan fingerprint density at radius 1 is 0.767 bits per heavy atom. The molecule has 0 radical (unpaired) electrons. The summed E-state index contributed by atoms with van der Waals surface area (Å²) in [4.78, 5) is 0. The number of unbranched alkanes of at least 4 members (excludes halogenated alkanes) is 2. The highest BCUT2D eigenvalue weighted by molar-refractivity contribution is 5.44. The number of rotatable bonds is 9. The Bertz CT molecular complexity index is 783. The van der Waals surface area contributed by atoms with E-state index in [0.29, 0.717) is 0 Å². The Morgan fingerprint density at radius 2 is 1.37 bits per heavy atom. The zero-order valence-electron chi connectivity index (χ0n) is 19.0. The highest BCUT2D eigenvalue weighted by Crippen LogP contribution is 2.33. The maximum atomic E-state index is 5.77. The summed E-state index contributed by atoms with van der Waals surface area (Å²) in [6.07, 6.45) is 13.2. The second-order valence-electron chi connectivity index (χ2n) is 8.86. The Labute approximate surface area is 184 Å². The van der Waals surface area contributed by atoms with Crippen molar-refractivity contribution >= 4 is 0 Å². The predicted octanol–water partition coefficient (Wildman–Crippen LogP) is 7.80. The lowest BCUT2D eigenvalue weighted by Crippen LogP contribution is -2.14. The summed E-state index contributed by atoms with van der Waals surface area (Å²) in [5.41, 5.74) is 3.56. The van der Waals surface area contributed by atoms with Crippen LogP contribution in [0.2, 0.25) is 0 Å². The first-order valence-corrected chi connectivity index (χ1v) is 12.1. The van der Waals surface area contributed by atoms with E-state index in [1.165, 1.54) is 63.4 Å². The minimum atomic E-state index is 0.797. The fourth-order valence-electron chi connectivity index (χ4n) is 4.37. The fraction of sp³-hybridized carbons (Fsp3) is 0.517. The van der Waals surface area contributed by atoms with Gasteiger partial charge in [-0.25, -0.2) is 0 Å². The average molecular weight is 403 g/mol. The van der Waals surface area contributed by atoms with E-state index >= 15 is 0 Å². The maximum Gasteiger partial charge on any atom is 0.119 e. The molecule has 1 aliphatic rings. The molecule has 0 N–H and O–H groups in total. The lowest BCUT2D eigenvalue weighted by molar-refractivity contribution is 0.259. The number of ether oxygens (including phenoxy) is 1. The molecule has 0 heterocycles. The van der Waals surface area contributed by atoms with E-state index in [0.717, 1.165) is 41.7 Å². The molecule has 1 fully saturated rings. The molecule has 0 aliphatic heterocycles. The van der Waals surface area contributed by atoms with Gasteiger partial charge in [-0.05, 0) is 73.1 Å². The summed E-state index contributed by atoms with van der Waals surface area (Å²) >= 11 is 0. The summed E-state index contributed by atoms with van der Waals surface area (Å²) < 4.78 is 5.77. The minimum absolute atomic E-state index is 0.797. The van der Waals surface area contributed by atoms with E-state index in [-0.39, 0.29) is 0 Å². The molecule has 2 aromatic carbocycles. The summed E-state index contributed by atoms with van der Waals surface area (Å²) in [5, 5.41) is 0. The third-order valence-corrected chi connectivity index (χ3v) is 6.56. The SMILES string of the molecule is CCCCCOc1ccc(C#Cc2ccc(CC[C@H]3CC[C@H](CC)CC3)cc2)cc1. The predicted molar refractivity (Wildman–Crippen MR) is 128 cm³/mol. The first-order chi connectivity index (χ1) is 14.8. The molecular formula is C29H38O. The number of benzene rings is 2. The van der Waals surface area contributed by atoms with Crippen molar-refractivity contribution in [3.63, 3.8) is 0 Å². The molecule has 1 saturated carbocycles. The summed E-state index contributed by atoms with van der Waals surface area (Å²) in [6, 6.07) is 17.0. The third-order valence-electron chi connectivity index (χ3n) is 6.56. The molecule has 1 aliphatic carbocycles. The Kier molecular flexibility index (Phi) is 9.36. The van der Waals surface area contributed by atoms with Crippen LogP contribution < -0.4 is 4.74 Å². The first-order valence-electron chi connectivity index (χ1n) is 12.1. The van der Waals surface area contributed by atoms with Gasteiger partial charge in [-0.1, -0.05) is 82.8 Å². The van der Waals surface area contributed by atoms with Crippen LogP contribution in [-0.2, 0) is 6.42 Å². The maximum absolute atomic E-state index is 5.77. The van der Waals surface area contributed by atoms with Crippen molar-refractivity contribution in [1.29, 1.82) is 0 Å². The molecule has 30 heavy (non-hydrogen) atoms. The highest BCUT2D eigenvalue weighted by Gasteiger charge is 2.19. The van der Waals surface area contributed by atoms with Crippen LogP contribution in [0, 0.1) is 23.7 Å². The second kappa shape index (κ2) is 12.5. The van der Waals surface area contributed by atoms with Gasteiger partial charge in [0.2, 0.25) is 0 Å². The van der Waals surface area contributed by atoms with Crippen molar-refractivity contribution in [3.05, 3.63) is 65.2 Å². The van der Waals surface area contributed by atoms with E-state index in [4.69, 9.17) is 4.74 Å². The van der Waals surface area contributed by atoms with Gasteiger partial charge in [0.05, 0.1) is 6.61 Å². The van der Waals surface area contributed by atoms with Crippen molar-refractivity contribution in [2.24, 2.45) is 11.8 Å². The van der Waals surface area contributed by atoms with E-state index in [9.17, 15) is 0 Å². The molecular weight excluding hydrogens is 364 g/mol. The lowest BCUT2D eigenvalue weighted by atomic mass is 9.78. The number of aryl methyl sites for hydroxylation is 1. The topological polar surface area (TPSA) is 9.23 Å². The molecule has 3 rings (SSSR count). The molecule has 2 aromatic rings. The molecule has 160 valence electrons. The van der Waals surface area contributed by atoms with Crippen LogP contribution in [0.15, 0.2) is 48.5 Å². The normalized spacial score (nSPS) is 18.5. The molecule has 0 aromatic heterocycles. The van der Waals surface area contributed by atoms with Crippen molar-refractivity contribution in [3.8, 4) is 17.6 Å². The van der Waals surface area contributed by atoms with E-state index < -0.39 is 0 Å². The van der Waals surface area contributed by atoms with Crippen LogP contribution in [0.1, 0.15) is 88.3 Å². The molecule has 1 heteroatoms. The van der Waals surface area contributed by atoms with Crippen LogP contribution >= 0.6 is 0 Å². The molecule has 0 unspecified atom stereocenters. The van der Waals surface area contributed by atoms with Gasteiger partial charge in [-0.15, -0.1) is 0 Å². The van der Waals surface area contributed by atoms with Crippen LogP contribution in [0.4, 0.5) is 0 Å². The van der Waals surface area contributed by atoms with Crippen LogP contribution in [0.5, 0.6) is 5.75 Å².